The Hall–Kier alpha value is -3.08. The van der Waals surface area contributed by atoms with E-state index in [0.717, 1.165) is 31.4 Å². The van der Waals surface area contributed by atoms with Gasteiger partial charge in [-0.3, -0.25) is 23.9 Å². The highest BCUT2D eigenvalue weighted by atomic mass is 35.5. The van der Waals surface area contributed by atoms with E-state index in [9.17, 15) is 14.4 Å². The van der Waals surface area contributed by atoms with Crippen molar-refractivity contribution in [1.29, 1.82) is 0 Å². The number of carboxylic acids is 1. The summed E-state index contributed by atoms with van der Waals surface area (Å²) in [7, 11) is 0. The molecule has 0 spiro atoms. The highest BCUT2D eigenvalue weighted by molar-refractivity contribution is 7.97. The number of carbonyl (C=O) groups excluding carboxylic acids is 2. The molecule has 3 aromatic rings. The van der Waals surface area contributed by atoms with Crippen LogP contribution in [-0.2, 0) is 27.5 Å². The molecule has 2 amide bonds. The van der Waals surface area contributed by atoms with Crippen molar-refractivity contribution in [3.8, 4) is 0 Å². The van der Waals surface area contributed by atoms with Crippen molar-refractivity contribution in [3.05, 3.63) is 105 Å². The van der Waals surface area contributed by atoms with E-state index in [0.29, 0.717) is 37.9 Å². The minimum absolute atomic E-state index is 0.0332. The Morgan fingerprint density at radius 1 is 1.00 bits per heavy atom. The van der Waals surface area contributed by atoms with Crippen molar-refractivity contribution in [2.75, 3.05) is 5.75 Å². The SMILES string of the molecule is CCSN[C@H]1CCCC[C@@H]1N1C(=O)c2ccccc2[C@@H](C(=O)NOCc2cccc(CC(=O)O)c2)[C@@H]1c1ccc(Cl)cc1Cl. The summed E-state index contributed by atoms with van der Waals surface area (Å²) in [4.78, 5) is 47.3. The third kappa shape index (κ3) is 7.24. The van der Waals surface area contributed by atoms with Crippen LogP contribution >= 0.6 is 35.1 Å². The van der Waals surface area contributed by atoms with E-state index in [2.05, 4.69) is 17.1 Å². The van der Waals surface area contributed by atoms with E-state index in [1.807, 2.05) is 23.1 Å². The first-order valence-electron chi connectivity index (χ1n) is 14.7. The fourth-order valence-corrected chi connectivity index (χ4v) is 7.48. The maximum absolute atomic E-state index is 14.4. The van der Waals surface area contributed by atoms with Crippen molar-refractivity contribution in [1.82, 2.24) is 15.1 Å². The van der Waals surface area contributed by atoms with E-state index in [-0.39, 0.29) is 31.0 Å². The molecule has 1 saturated carbocycles. The molecule has 232 valence electrons. The zero-order valence-corrected chi connectivity index (χ0v) is 26.6. The van der Waals surface area contributed by atoms with E-state index in [4.69, 9.17) is 33.1 Å². The number of nitrogens with zero attached hydrogens (tertiary/aromatic N) is 1. The number of nitrogens with one attached hydrogen (secondary N) is 2. The molecule has 5 rings (SSSR count). The van der Waals surface area contributed by atoms with Gasteiger partial charge in [0.1, 0.15) is 0 Å². The van der Waals surface area contributed by atoms with Gasteiger partial charge in [-0.1, -0.05) is 103 Å². The lowest BCUT2D eigenvalue weighted by molar-refractivity contribution is -0.138. The van der Waals surface area contributed by atoms with Crippen LogP contribution in [0, 0.1) is 0 Å². The first-order chi connectivity index (χ1) is 21.3. The average Bonchev–Trinajstić information content (AvgIpc) is 3.00. The van der Waals surface area contributed by atoms with Crippen LogP contribution in [0.25, 0.3) is 0 Å². The summed E-state index contributed by atoms with van der Waals surface area (Å²) in [6.07, 6.45) is 3.60. The van der Waals surface area contributed by atoms with E-state index < -0.39 is 23.8 Å². The predicted molar refractivity (Wildman–Crippen MR) is 173 cm³/mol. The second-order valence-corrected chi connectivity index (χ2v) is 13.0. The van der Waals surface area contributed by atoms with Gasteiger partial charge >= 0.3 is 5.97 Å². The number of rotatable bonds is 11. The Morgan fingerprint density at radius 2 is 1.77 bits per heavy atom. The summed E-state index contributed by atoms with van der Waals surface area (Å²) in [5.74, 6) is -1.44. The van der Waals surface area contributed by atoms with E-state index in [1.165, 1.54) is 0 Å². The lowest BCUT2D eigenvalue weighted by Gasteiger charge is -2.49. The third-order valence-corrected chi connectivity index (χ3v) is 9.48. The van der Waals surface area contributed by atoms with Crippen LogP contribution in [0.1, 0.15) is 77.2 Å². The molecule has 0 radical (unpaired) electrons. The van der Waals surface area contributed by atoms with Crippen LogP contribution in [0.5, 0.6) is 0 Å². The molecular formula is C33H35Cl2N3O5S. The molecule has 44 heavy (non-hydrogen) atoms. The van der Waals surface area contributed by atoms with Crippen LogP contribution in [0.4, 0.5) is 0 Å². The van der Waals surface area contributed by atoms with Crippen molar-refractivity contribution >= 4 is 52.9 Å². The Bertz CT molecular complexity index is 1520. The first kappa shape index (κ1) is 32.3. The average molecular weight is 657 g/mol. The Morgan fingerprint density at radius 3 is 2.55 bits per heavy atom. The molecule has 1 aliphatic heterocycles. The molecule has 1 fully saturated rings. The lowest BCUT2D eigenvalue weighted by Crippen LogP contribution is -2.57. The van der Waals surface area contributed by atoms with Gasteiger partial charge in [-0.15, -0.1) is 0 Å². The number of hydrogen-bond acceptors (Lipinski definition) is 6. The van der Waals surface area contributed by atoms with Gasteiger partial charge in [-0.25, -0.2) is 5.48 Å². The molecule has 1 aliphatic carbocycles. The van der Waals surface area contributed by atoms with Gasteiger partial charge in [-0.05, 0) is 53.3 Å². The normalized spacial score (nSPS) is 21.5. The highest BCUT2D eigenvalue weighted by Gasteiger charge is 2.49. The first-order valence-corrected chi connectivity index (χ1v) is 16.5. The maximum atomic E-state index is 14.4. The van der Waals surface area contributed by atoms with Crippen LogP contribution in [-0.4, -0.2) is 45.6 Å². The number of fused-ring (bicyclic) bond motifs is 1. The topological polar surface area (TPSA) is 108 Å². The Kier molecular flexibility index (Phi) is 10.9. The monoisotopic (exact) mass is 655 g/mol. The largest absolute Gasteiger partial charge is 0.481 e. The van der Waals surface area contributed by atoms with E-state index in [1.54, 1.807) is 60.5 Å². The summed E-state index contributed by atoms with van der Waals surface area (Å²) >= 11 is 14.7. The Balaban J connectivity index is 1.52. The molecule has 0 aromatic heterocycles. The molecule has 1 heterocycles. The zero-order chi connectivity index (χ0) is 31.2. The maximum Gasteiger partial charge on any atom is 0.307 e. The quantitative estimate of drug-likeness (QED) is 0.155. The van der Waals surface area contributed by atoms with Crippen LogP contribution in [0.3, 0.4) is 0 Å². The minimum atomic E-state index is -0.929. The summed E-state index contributed by atoms with van der Waals surface area (Å²) in [5, 5.41) is 9.97. The van der Waals surface area contributed by atoms with Gasteiger partial charge in [0.05, 0.1) is 25.0 Å². The molecule has 0 saturated heterocycles. The predicted octanol–water partition coefficient (Wildman–Crippen LogP) is 6.72. The fraction of sp³-hybridized carbons (Fsp3) is 0.364. The van der Waals surface area contributed by atoms with Gasteiger partial charge in [-0.2, -0.15) is 0 Å². The molecule has 11 heteroatoms. The van der Waals surface area contributed by atoms with E-state index >= 15 is 0 Å². The number of halogens is 2. The molecular weight excluding hydrogens is 621 g/mol. The standard InChI is InChI=1S/C33H35Cl2N3O5S/c1-2-44-37-27-12-5-6-13-28(27)38-31(25-15-14-22(34)18-26(25)35)30(23-10-3-4-11-24(23)33(38)42)32(41)36-43-19-21-9-7-8-20(16-21)17-29(39)40/h3-4,7-11,14-16,18,27-28,30-31,37H,2,5-6,12-13,17,19H2,1H3,(H,36,41)(H,39,40)/t27-,28-,30+,31-/m0/s1. The number of benzene rings is 3. The third-order valence-electron chi connectivity index (χ3n) is 8.16. The summed E-state index contributed by atoms with van der Waals surface area (Å²) in [6, 6.07) is 18.5. The summed E-state index contributed by atoms with van der Waals surface area (Å²) < 4.78 is 3.58. The second kappa shape index (κ2) is 14.8. The Labute approximate surface area is 271 Å². The number of carbonyl (C=O) groups is 3. The van der Waals surface area contributed by atoms with Crippen molar-refractivity contribution < 1.29 is 24.3 Å². The molecule has 8 nitrogen and oxygen atoms in total. The molecule has 0 bridgehead atoms. The molecule has 3 N–H and O–H groups in total. The van der Waals surface area contributed by atoms with Gasteiger partial charge in [0.2, 0.25) is 0 Å². The number of amides is 2. The molecule has 4 atom stereocenters. The molecule has 3 aromatic carbocycles. The van der Waals surface area contributed by atoms with Crippen molar-refractivity contribution in [2.45, 2.75) is 69.7 Å². The van der Waals surface area contributed by atoms with Gasteiger partial charge in [0, 0.05) is 33.4 Å². The molecule has 0 unspecified atom stereocenters. The number of carboxylic acid groups (broad SMARTS) is 1. The summed E-state index contributed by atoms with van der Waals surface area (Å²) in [6.45, 7) is 2.11. The van der Waals surface area contributed by atoms with Crippen LogP contribution in [0.15, 0.2) is 66.7 Å². The molecule has 2 aliphatic rings. The number of hydrogen-bond donors (Lipinski definition) is 3. The second-order valence-electron chi connectivity index (χ2n) is 11.0. The fourth-order valence-electron chi connectivity index (χ4n) is 6.30. The van der Waals surface area contributed by atoms with Gasteiger partial charge in [0.25, 0.3) is 11.8 Å². The van der Waals surface area contributed by atoms with Crippen LogP contribution in [0.2, 0.25) is 10.0 Å². The van der Waals surface area contributed by atoms with Crippen molar-refractivity contribution in [3.63, 3.8) is 0 Å². The number of hydroxylamine groups is 1. The zero-order valence-electron chi connectivity index (χ0n) is 24.3. The number of aliphatic carboxylic acids is 1. The highest BCUT2D eigenvalue weighted by Crippen LogP contribution is 2.48. The van der Waals surface area contributed by atoms with Crippen molar-refractivity contribution in [2.24, 2.45) is 0 Å². The summed E-state index contributed by atoms with van der Waals surface area (Å²) in [5.41, 5.74) is 5.68. The smallest absolute Gasteiger partial charge is 0.307 e. The van der Waals surface area contributed by atoms with Gasteiger partial charge in [0.15, 0.2) is 0 Å². The minimum Gasteiger partial charge on any atom is -0.481 e. The lowest BCUT2D eigenvalue weighted by atomic mass is 9.76. The van der Waals surface area contributed by atoms with Crippen LogP contribution < -0.4 is 10.2 Å². The van der Waals surface area contributed by atoms with Gasteiger partial charge < -0.3 is 10.0 Å².